The molecule has 0 saturated carbocycles. The number of carbonyl (C=O) groups excluding carboxylic acids is 1. The zero-order chi connectivity index (χ0) is 15.2. The molecule has 0 radical (unpaired) electrons. The second-order valence-electron chi connectivity index (χ2n) is 5.00. The maximum absolute atomic E-state index is 11.3. The molecule has 7 nitrogen and oxygen atoms in total. The number of benzene rings is 1. The van der Waals surface area contributed by atoms with Gasteiger partial charge in [0.15, 0.2) is 6.61 Å². The summed E-state index contributed by atoms with van der Waals surface area (Å²) in [6.07, 6.45) is 0. The summed E-state index contributed by atoms with van der Waals surface area (Å²) in [6, 6.07) is 3.53. The van der Waals surface area contributed by atoms with Crippen molar-refractivity contribution in [3.8, 4) is 5.75 Å². The molecule has 0 unspecified atom stereocenters. The first-order valence-corrected chi connectivity index (χ1v) is 6.87. The number of fused-ring (bicyclic) bond motifs is 1. The third-order valence-corrected chi connectivity index (χ3v) is 3.27. The molecule has 1 amide bonds. The van der Waals surface area contributed by atoms with Crippen molar-refractivity contribution in [1.29, 1.82) is 0 Å². The van der Waals surface area contributed by atoms with Crippen LogP contribution in [-0.4, -0.2) is 57.8 Å². The molecule has 1 aliphatic rings. The predicted molar refractivity (Wildman–Crippen MR) is 82.8 cm³/mol. The van der Waals surface area contributed by atoms with E-state index in [1.807, 2.05) is 7.05 Å². The number of hydrogen-bond donors (Lipinski definition) is 3. The maximum Gasteiger partial charge on any atom is 0.262 e. The highest BCUT2D eigenvalue weighted by Gasteiger charge is 2.17. The van der Waals surface area contributed by atoms with Gasteiger partial charge >= 0.3 is 0 Å². The highest BCUT2D eigenvalue weighted by atomic mass is 16.5. The SMILES string of the molecule is COCCN(C)CCNc1cc2c(cc1N)OCC(=O)N2. The summed E-state index contributed by atoms with van der Waals surface area (Å²) in [5.74, 6) is 0.451. The Labute approximate surface area is 124 Å². The Morgan fingerprint density at radius 2 is 2.29 bits per heavy atom. The average Bonchev–Trinajstić information content (AvgIpc) is 2.46. The molecular formula is C14H22N4O3. The summed E-state index contributed by atoms with van der Waals surface area (Å²) in [7, 11) is 3.72. The fourth-order valence-electron chi connectivity index (χ4n) is 2.04. The lowest BCUT2D eigenvalue weighted by molar-refractivity contribution is -0.118. The van der Waals surface area contributed by atoms with E-state index < -0.39 is 0 Å². The number of nitrogen functional groups attached to an aromatic ring is 1. The van der Waals surface area contributed by atoms with Crippen molar-refractivity contribution in [2.45, 2.75) is 0 Å². The minimum absolute atomic E-state index is 0.0313. The van der Waals surface area contributed by atoms with Gasteiger partial charge in [-0.15, -0.1) is 0 Å². The van der Waals surface area contributed by atoms with E-state index in [-0.39, 0.29) is 12.5 Å². The molecule has 0 saturated heterocycles. The van der Waals surface area contributed by atoms with Crippen LogP contribution >= 0.6 is 0 Å². The maximum atomic E-state index is 11.3. The predicted octanol–water partition coefficient (Wildman–Crippen LogP) is 0.590. The molecule has 1 aliphatic heterocycles. The fourth-order valence-corrected chi connectivity index (χ4v) is 2.04. The first kappa shape index (κ1) is 15.4. The highest BCUT2D eigenvalue weighted by molar-refractivity contribution is 5.97. The van der Waals surface area contributed by atoms with Crippen molar-refractivity contribution in [3.05, 3.63) is 12.1 Å². The van der Waals surface area contributed by atoms with E-state index in [9.17, 15) is 4.79 Å². The Bertz CT molecular complexity index is 507. The van der Waals surface area contributed by atoms with Gasteiger partial charge in [0.05, 0.1) is 23.7 Å². The quantitative estimate of drug-likeness (QED) is 0.638. The molecule has 0 aromatic heterocycles. The van der Waals surface area contributed by atoms with Gasteiger partial charge in [0, 0.05) is 32.8 Å². The molecule has 0 fully saturated rings. The molecule has 0 bridgehead atoms. The van der Waals surface area contributed by atoms with Crippen LogP contribution in [0.15, 0.2) is 12.1 Å². The Morgan fingerprint density at radius 1 is 1.48 bits per heavy atom. The Kier molecular flexibility index (Phi) is 5.24. The molecule has 1 aromatic rings. The molecule has 21 heavy (non-hydrogen) atoms. The number of rotatable bonds is 7. The van der Waals surface area contributed by atoms with E-state index in [2.05, 4.69) is 15.5 Å². The summed E-state index contributed by atoms with van der Waals surface area (Å²) >= 11 is 0. The Morgan fingerprint density at radius 3 is 3.05 bits per heavy atom. The van der Waals surface area contributed by atoms with Crippen LogP contribution < -0.4 is 21.1 Å². The van der Waals surface area contributed by atoms with Crippen molar-refractivity contribution in [2.75, 3.05) is 63.4 Å². The molecule has 116 valence electrons. The second-order valence-corrected chi connectivity index (χ2v) is 5.00. The molecule has 0 spiro atoms. The standard InChI is InChI=1S/C14H22N4O3/c1-18(5-6-20-2)4-3-16-11-8-12-13(7-10(11)15)21-9-14(19)17-12/h7-8,16H,3-6,9,15H2,1-2H3,(H,17,19). The molecule has 1 heterocycles. The monoisotopic (exact) mass is 294 g/mol. The third kappa shape index (κ3) is 4.24. The van der Waals surface area contributed by atoms with Gasteiger partial charge in [-0.2, -0.15) is 0 Å². The van der Waals surface area contributed by atoms with Gasteiger partial charge in [0.2, 0.25) is 0 Å². The van der Waals surface area contributed by atoms with Crippen molar-refractivity contribution < 1.29 is 14.3 Å². The van der Waals surface area contributed by atoms with Crippen LogP contribution in [-0.2, 0) is 9.53 Å². The largest absolute Gasteiger partial charge is 0.482 e. The van der Waals surface area contributed by atoms with E-state index in [1.54, 1.807) is 19.2 Å². The summed E-state index contributed by atoms with van der Waals surface area (Å²) in [4.78, 5) is 13.5. The number of anilines is 3. The second kappa shape index (κ2) is 7.14. The third-order valence-electron chi connectivity index (χ3n) is 3.27. The topological polar surface area (TPSA) is 88.8 Å². The van der Waals surface area contributed by atoms with Gasteiger partial charge in [-0.05, 0) is 13.1 Å². The fraction of sp³-hybridized carbons (Fsp3) is 0.500. The van der Waals surface area contributed by atoms with E-state index in [4.69, 9.17) is 15.2 Å². The van der Waals surface area contributed by atoms with Crippen molar-refractivity contribution in [1.82, 2.24) is 4.90 Å². The number of nitrogens with one attached hydrogen (secondary N) is 2. The molecular weight excluding hydrogens is 272 g/mol. The van der Waals surface area contributed by atoms with Crippen LogP contribution in [0.3, 0.4) is 0 Å². The lowest BCUT2D eigenvalue weighted by Gasteiger charge is -2.21. The van der Waals surface area contributed by atoms with Gasteiger partial charge in [-0.1, -0.05) is 0 Å². The highest BCUT2D eigenvalue weighted by Crippen LogP contribution is 2.34. The smallest absolute Gasteiger partial charge is 0.262 e. The Balaban J connectivity index is 1.91. The first-order chi connectivity index (χ1) is 10.1. The van der Waals surface area contributed by atoms with E-state index in [0.29, 0.717) is 23.7 Å². The van der Waals surface area contributed by atoms with Crippen LogP contribution in [0.2, 0.25) is 0 Å². The normalized spacial score (nSPS) is 13.6. The number of methoxy groups -OCH3 is 1. The van der Waals surface area contributed by atoms with Gasteiger partial charge < -0.3 is 30.7 Å². The molecule has 2 rings (SSSR count). The summed E-state index contributed by atoms with van der Waals surface area (Å²) < 4.78 is 10.3. The number of nitrogens with zero attached hydrogens (tertiary/aromatic N) is 1. The van der Waals surface area contributed by atoms with Crippen LogP contribution in [0, 0.1) is 0 Å². The summed E-state index contributed by atoms with van der Waals surface area (Å²) in [6.45, 7) is 3.23. The molecule has 0 atom stereocenters. The molecule has 7 heteroatoms. The number of amides is 1. The number of ether oxygens (including phenoxy) is 2. The van der Waals surface area contributed by atoms with Crippen LogP contribution in [0.5, 0.6) is 5.75 Å². The van der Waals surface area contributed by atoms with Gasteiger partial charge in [-0.3, -0.25) is 4.79 Å². The molecule has 1 aromatic carbocycles. The zero-order valence-electron chi connectivity index (χ0n) is 12.4. The summed E-state index contributed by atoms with van der Waals surface area (Å²) in [5.41, 5.74) is 8.03. The Hall–Kier alpha value is -1.99. The van der Waals surface area contributed by atoms with Gasteiger partial charge in [-0.25, -0.2) is 0 Å². The molecule has 0 aliphatic carbocycles. The first-order valence-electron chi connectivity index (χ1n) is 6.87. The van der Waals surface area contributed by atoms with Crippen molar-refractivity contribution in [3.63, 3.8) is 0 Å². The molecule has 4 N–H and O–H groups in total. The summed E-state index contributed by atoms with van der Waals surface area (Å²) in [5, 5.41) is 6.04. The van der Waals surface area contributed by atoms with E-state index >= 15 is 0 Å². The number of likely N-dealkylation sites (N-methyl/N-ethyl adjacent to an activating group) is 1. The average molecular weight is 294 g/mol. The van der Waals surface area contributed by atoms with Crippen LogP contribution in [0.25, 0.3) is 0 Å². The number of carbonyl (C=O) groups is 1. The minimum atomic E-state index is -0.155. The van der Waals surface area contributed by atoms with Gasteiger partial charge in [0.1, 0.15) is 5.75 Å². The van der Waals surface area contributed by atoms with Crippen LogP contribution in [0.4, 0.5) is 17.1 Å². The zero-order valence-corrected chi connectivity index (χ0v) is 12.4. The number of nitrogens with two attached hydrogens (primary N) is 1. The number of hydrogen-bond acceptors (Lipinski definition) is 6. The van der Waals surface area contributed by atoms with Crippen molar-refractivity contribution >= 4 is 23.0 Å². The van der Waals surface area contributed by atoms with Crippen LogP contribution in [0.1, 0.15) is 0 Å². The van der Waals surface area contributed by atoms with E-state index in [1.165, 1.54) is 0 Å². The van der Waals surface area contributed by atoms with E-state index in [0.717, 1.165) is 25.3 Å². The van der Waals surface area contributed by atoms with Gasteiger partial charge in [0.25, 0.3) is 5.91 Å². The lowest BCUT2D eigenvalue weighted by Crippen LogP contribution is -2.28. The van der Waals surface area contributed by atoms with Crippen molar-refractivity contribution in [2.24, 2.45) is 0 Å². The lowest BCUT2D eigenvalue weighted by atomic mass is 10.2. The minimum Gasteiger partial charge on any atom is -0.482 e.